The second-order valence-corrected chi connectivity index (χ2v) is 7.46. The van der Waals surface area contributed by atoms with Crippen LogP contribution in [0, 0.1) is 0 Å². The Kier molecular flexibility index (Phi) is 5.07. The van der Waals surface area contributed by atoms with E-state index in [1.807, 2.05) is 36.5 Å². The van der Waals surface area contributed by atoms with Gasteiger partial charge in [-0.25, -0.2) is 4.68 Å². The predicted octanol–water partition coefficient (Wildman–Crippen LogP) is 2.44. The quantitative estimate of drug-likeness (QED) is 0.578. The minimum atomic E-state index is -0.605. The third-order valence-corrected chi connectivity index (χ3v) is 5.24. The predicted molar refractivity (Wildman–Crippen MR) is 109 cm³/mol. The first kappa shape index (κ1) is 19.2. The maximum atomic E-state index is 12.7. The van der Waals surface area contributed by atoms with E-state index in [-0.39, 0.29) is 18.7 Å². The molecule has 1 aromatic heterocycles. The molecule has 0 unspecified atom stereocenters. The molecule has 0 bridgehead atoms. The summed E-state index contributed by atoms with van der Waals surface area (Å²) in [5.74, 6) is 2.59. The van der Waals surface area contributed by atoms with E-state index < -0.39 is 6.10 Å². The Hall–Kier alpha value is -3.75. The van der Waals surface area contributed by atoms with E-state index in [4.69, 9.17) is 18.9 Å². The van der Waals surface area contributed by atoms with Gasteiger partial charge >= 0.3 is 0 Å². The van der Waals surface area contributed by atoms with Gasteiger partial charge in [-0.05, 0) is 31.2 Å². The van der Waals surface area contributed by atoms with Crippen LogP contribution in [0.25, 0.3) is 0 Å². The molecule has 9 nitrogen and oxygen atoms in total. The number of aromatic nitrogens is 3. The Morgan fingerprint density at radius 3 is 2.77 bits per heavy atom. The van der Waals surface area contributed by atoms with Gasteiger partial charge < -0.3 is 23.8 Å². The fourth-order valence-electron chi connectivity index (χ4n) is 3.50. The number of fused-ring (bicyclic) bond motifs is 1. The molecular formula is C22H22N4O5. The zero-order valence-corrected chi connectivity index (χ0v) is 17.0. The van der Waals surface area contributed by atoms with Crippen LogP contribution in [-0.4, -0.2) is 51.8 Å². The monoisotopic (exact) mass is 422 g/mol. The number of hydrogen-bond donors (Lipinski definition) is 0. The van der Waals surface area contributed by atoms with Crippen molar-refractivity contribution in [3.63, 3.8) is 0 Å². The number of nitrogens with zero attached hydrogens (tertiary/aromatic N) is 4. The zero-order chi connectivity index (χ0) is 21.2. The lowest BCUT2D eigenvalue weighted by molar-refractivity contribution is -0.144. The number of para-hydroxylation sites is 1. The second-order valence-electron chi connectivity index (χ2n) is 7.46. The van der Waals surface area contributed by atoms with E-state index in [1.54, 1.807) is 34.7 Å². The largest absolute Gasteiger partial charge is 0.487 e. The van der Waals surface area contributed by atoms with Crippen LogP contribution in [0.1, 0.15) is 18.7 Å². The second kappa shape index (κ2) is 8.17. The van der Waals surface area contributed by atoms with E-state index >= 15 is 0 Å². The molecule has 3 heterocycles. The number of rotatable bonds is 7. The summed E-state index contributed by atoms with van der Waals surface area (Å²) < 4.78 is 23.9. The minimum absolute atomic E-state index is 0.0679. The van der Waals surface area contributed by atoms with E-state index in [0.717, 1.165) is 11.4 Å². The van der Waals surface area contributed by atoms with Crippen molar-refractivity contribution in [1.82, 2.24) is 19.9 Å². The molecular weight excluding hydrogens is 400 g/mol. The third kappa shape index (κ3) is 4.11. The van der Waals surface area contributed by atoms with Gasteiger partial charge in [0.15, 0.2) is 17.6 Å². The van der Waals surface area contributed by atoms with Crippen molar-refractivity contribution in [1.29, 1.82) is 0 Å². The Bertz CT molecular complexity index is 1060. The smallest absolute Gasteiger partial charge is 0.263 e. The highest BCUT2D eigenvalue weighted by Gasteiger charge is 2.35. The molecule has 1 atom stereocenters. The molecule has 1 fully saturated rings. The molecule has 2 aromatic carbocycles. The van der Waals surface area contributed by atoms with Crippen LogP contribution in [0.15, 0.2) is 54.7 Å². The first-order valence-electron chi connectivity index (χ1n) is 10.1. The lowest BCUT2D eigenvalue weighted by Gasteiger charge is -2.40. The zero-order valence-electron chi connectivity index (χ0n) is 17.0. The van der Waals surface area contributed by atoms with Crippen molar-refractivity contribution in [3.8, 4) is 23.0 Å². The van der Waals surface area contributed by atoms with Crippen molar-refractivity contribution < 1.29 is 23.7 Å². The standard InChI is InChI=1S/C22H22N4O5/c1-15(31-19-7-8-20-21(9-19)30-14-29-20)22(27)25-11-17(12-25)26-10-16(23-24-26)13-28-18-5-3-2-4-6-18/h2-10,15,17H,11-14H2,1H3/t15-/m1/s1. The average Bonchev–Trinajstić information content (AvgIpc) is 3.41. The van der Waals surface area contributed by atoms with E-state index in [0.29, 0.717) is 36.9 Å². The van der Waals surface area contributed by atoms with Crippen molar-refractivity contribution >= 4 is 5.91 Å². The van der Waals surface area contributed by atoms with Crippen molar-refractivity contribution in [2.45, 2.75) is 25.7 Å². The van der Waals surface area contributed by atoms with Crippen LogP contribution in [0.4, 0.5) is 0 Å². The first-order valence-corrected chi connectivity index (χ1v) is 10.1. The lowest BCUT2D eigenvalue weighted by atomic mass is 10.1. The van der Waals surface area contributed by atoms with Crippen LogP contribution in [-0.2, 0) is 11.4 Å². The molecule has 2 aliphatic heterocycles. The van der Waals surface area contributed by atoms with Gasteiger partial charge in [-0.2, -0.15) is 0 Å². The highest BCUT2D eigenvalue weighted by atomic mass is 16.7. The number of carbonyl (C=O) groups is 1. The first-order chi connectivity index (χ1) is 15.2. The van der Waals surface area contributed by atoms with Crippen LogP contribution in [0.2, 0.25) is 0 Å². The molecule has 9 heteroatoms. The summed E-state index contributed by atoms with van der Waals surface area (Å²) in [5.41, 5.74) is 0.744. The summed E-state index contributed by atoms with van der Waals surface area (Å²) in [6.07, 6.45) is 1.26. The highest BCUT2D eigenvalue weighted by Crippen LogP contribution is 2.35. The summed E-state index contributed by atoms with van der Waals surface area (Å²) in [6.45, 7) is 3.42. The van der Waals surface area contributed by atoms with Gasteiger partial charge in [-0.15, -0.1) is 5.10 Å². The molecule has 160 valence electrons. The minimum Gasteiger partial charge on any atom is -0.487 e. The Morgan fingerprint density at radius 1 is 1.13 bits per heavy atom. The number of benzene rings is 2. The van der Waals surface area contributed by atoms with E-state index in [2.05, 4.69) is 10.3 Å². The van der Waals surface area contributed by atoms with Gasteiger partial charge in [0.1, 0.15) is 23.8 Å². The normalized spacial score (nSPS) is 16.0. The van der Waals surface area contributed by atoms with Crippen LogP contribution >= 0.6 is 0 Å². The van der Waals surface area contributed by atoms with Gasteiger partial charge in [0.05, 0.1) is 12.2 Å². The molecule has 0 N–H and O–H groups in total. The number of carbonyl (C=O) groups excluding carboxylic acids is 1. The van der Waals surface area contributed by atoms with Crippen LogP contribution in [0.3, 0.4) is 0 Å². The number of hydrogen-bond acceptors (Lipinski definition) is 7. The molecule has 1 amide bonds. The topological polar surface area (TPSA) is 87.9 Å². The summed E-state index contributed by atoms with van der Waals surface area (Å²) in [7, 11) is 0. The van der Waals surface area contributed by atoms with Gasteiger partial charge in [-0.1, -0.05) is 23.4 Å². The van der Waals surface area contributed by atoms with Crippen LogP contribution < -0.4 is 18.9 Å². The Labute approximate surface area is 179 Å². The average molecular weight is 422 g/mol. The molecule has 0 saturated carbocycles. The summed E-state index contributed by atoms with van der Waals surface area (Å²) in [4.78, 5) is 14.4. The van der Waals surface area contributed by atoms with Crippen LogP contribution in [0.5, 0.6) is 23.0 Å². The molecule has 31 heavy (non-hydrogen) atoms. The number of ether oxygens (including phenoxy) is 4. The molecule has 0 aliphatic carbocycles. The van der Waals surface area contributed by atoms with Gasteiger partial charge in [0.25, 0.3) is 5.91 Å². The molecule has 1 saturated heterocycles. The SMILES string of the molecule is C[C@@H](Oc1ccc2c(c1)OCO2)C(=O)N1CC(n2cc(COc3ccccc3)nn2)C1. The third-order valence-electron chi connectivity index (χ3n) is 5.24. The van der Waals surface area contributed by atoms with Gasteiger partial charge in [-0.3, -0.25) is 4.79 Å². The molecule has 3 aromatic rings. The summed E-state index contributed by atoms with van der Waals surface area (Å²) >= 11 is 0. The molecule has 5 rings (SSSR count). The fraction of sp³-hybridized carbons (Fsp3) is 0.318. The maximum Gasteiger partial charge on any atom is 0.263 e. The molecule has 0 spiro atoms. The molecule has 0 radical (unpaired) electrons. The lowest BCUT2D eigenvalue weighted by Crippen LogP contribution is -2.54. The number of amides is 1. The van der Waals surface area contributed by atoms with E-state index in [9.17, 15) is 4.79 Å². The summed E-state index contributed by atoms with van der Waals surface area (Å²) in [5, 5.41) is 8.34. The highest BCUT2D eigenvalue weighted by molar-refractivity contribution is 5.81. The Balaban J connectivity index is 1.11. The van der Waals surface area contributed by atoms with Gasteiger partial charge in [0, 0.05) is 19.2 Å². The van der Waals surface area contributed by atoms with E-state index in [1.165, 1.54) is 0 Å². The fourth-order valence-corrected chi connectivity index (χ4v) is 3.50. The van der Waals surface area contributed by atoms with Crippen molar-refractivity contribution in [2.75, 3.05) is 19.9 Å². The Morgan fingerprint density at radius 2 is 1.94 bits per heavy atom. The maximum absolute atomic E-state index is 12.7. The summed E-state index contributed by atoms with van der Waals surface area (Å²) in [6, 6.07) is 14.9. The van der Waals surface area contributed by atoms with Crippen molar-refractivity contribution in [3.05, 3.63) is 60.4 Å². The van der Waals surface area contributed by atoms with Crippen molar-refractivity contribution in [2.24, 2.45) is 0 Å². The molecule has 2 aliphatic rings. The van der Waals surface area contributed by atoms with Gasteiger partial charge in [0.2, 0.25) is 6.79 Å². The number of likely N-dealkylation sites (tertiary alicyclic amines) is 1.